The monoisotopic (exact) mass is 216 g/mol. The summed E-state index contributed by atoms with van der Waals surface area (Å²) in [7, 11) is 0. The summed E-state index contributed by atoms with van der Waals surface area (Å²) in [6.07, 6.45) is 5.15. The lowest BCUT2D eigenvalue weighted by Crippen LogP contribution is -2.01. The van der Waals surface area contributed by atoms with E-state index in [0.717, 1.165) is 11.3 Å². The number of hydrogen-bond donors (Lipinski definition) is 1. The van der Waals surface area contributed by atoms with Gasteiger partial charge in [0.1, 0.15) is 5.69 Å². The molecule has 0 amide bonds. The van der Waals surface area contributed by atoms with Gasteiger partial charge < -0.3 is 5.11 Å². The van der Waals surface area contributed by atoms with Gasteiger partial charge in [-0.3, -0.25) is 4.98 Å². The standard InChI is InChI=1S/C11H12N4O/c1-2-6-15-11(10(8-16)13-14-15)9-4-3-5-12-7-9/h2-5,7,16H,1,6,8H2. The van der Waals surface area contributed by atoms with Crippen molar-refractivity contribution >= 4 is 0 Å². The Hall–Kier alpha value is -2.01. The van der Waals surface area contributed by atoms with Gasteiger partial charge in [-0.15, -0.1) is 11.7 Å². The van der Waals surface area contributed by atoms with Crippen molar-refractivity contribution in [2.75, 3.05) is 0 Å². The summed E-state index contributed by atoms with van der Waals surface area (Å²) in [4.78, 5) is 4.04. The van der Waals surface area contributed by atoms with Crippen LogP contribution in [0.1, 0.15) is 5.69 Å². The summed E-state index contributed by atoms with van der Waals surface area (Å²) in [6.45, 7) is 4.07. The van der Waals surface area contributed by atoms with E-state index in [1.807, 2.05) is 12.1 Å². The molecule has 0 unspecified atom stereocenters. The van der Waals surface area contributed by atoms with Crippen LogP contribution in [0.4, 0.5) is 0 Å². The maximum absolute atomic E-state index is 9.20. The van der Waals surface area contributed by atoms with Crippen molar-refractivity contribution in [3.8, 4) is 11.3 Å². The molecule has 2 heterocycles. The minimum Gasteiger partial charge on any atom is -0.390 e. The zero-order chi connectivity index (χ0) is 11.4. The fourth-order valence-electron chi connectivity index (χ4n) is 1.52. The van der Waals surface area contributed by atoms with Gasteiger partial charge in [-0.2, -0.15) is 0 Å². The van der Waals surface area contributed by atoms with Crippen LogP contribution in [0.5, 0.6) is 0 Å². The van der Waals surface area contributed by atoms with E-state index in [9.17, 15) is 5.11 Å². The van der Waals surface area contributed by atoms with E-state index in [4.69, 9.17) is 0 Å². The third-order valence-corrected chi connectivity index (χ3v) is 2.19. The molecule has 0 atom stereocenters. The van der Waals surface area contributed by atoms with E-state index < -0.39 is 0 Å². The van der Waals surface area contributed by atoms with Gasteiger partial charge in [-0.05, 0) is 12.1 Å². The molecule has 2 aromatic rings. The molecule has 2 aromatic heterocycles. The Kier molecular flexibility index (Phi) is 3.07. The van der Waals surface area contributed by atoms with Crippen molar-refractivity contribution in [2.45, 2.75) is 13.2 Å². The predicted octanol–water partition coefficient (Wildman–Crippen LogP) is 1.02. The minimum atomic E-state index is -0.138. The lowest BCUT2D eigenvalue weighted by Gasteiger charge is -2.04. The molecule has 0 saturated carbocycles. The van der Waals surface area contributed by atoms with Crippen LogP contribution in [0, 0.1) is 0 Å². The molecule has 0 radical (unpaired) electrons. The van der Waals surface area contributed by atoms with Crippen molar-refractivity contribution in [2.24, 2.45) is 0 Å². The molecule has 2 rings (SSSR count). The summed E-state index contributed by atoms with van der Waals surface area (Å²) in [5, 5.41) is 17.1. The number of aliphatic hydroxyl groups is 1. The second-order valence-electron chi connectivity index (χ2n) is 3.26. The van der Waals surface area contributed by atoms with Gasteiger partial charge in [0.25, 0.3) is 0 Å². The molecule has 1 N–H and O–H groups in total. The zero-order valence-corrected chi connectivity index (χ0v) is 8.74. The molecule has 0 aromatic carbocycles. The normalized spacial score (nSPS) is 10.3. The van der Waals surface area contributed by atoms with E-state index in [1.165, 1.54) is 0 Å². The summed E-state index contributed by atoms with van der Waals surface area (Å²) in [5.41, 5.74) is 2.23. The van der Waals surface area contributed by atoms with Crippen LogP contribution in [0.15, 0.2) is 37.2 Å². The number of aromatic nitrogens is 4. The molecule has 0 aliphatic heterocycles. The molecule has 0 aliphatic carbocycles. The molecule has 16 heavy (non-hydrogen) atoms. The van der Waals surface area contributed by atoms with Crippen LogP contribution >= 0.6 is 0 Å². The SMILES string of the molecule is C=CCn1nnc(CO)c1-c1cccnc1. The Bertz CT molecular complexity index is 478. The van der Waals surface area contributed by atoms with Crippen LogP contribution < -0.4 is 0 Å². The smallest absolute Gasteiger partial charge is 0.116 e. The van der Waals surface area contributed by atoms with Crippen molar-refractivity contribution in [3.05, 3.63) is 42.9 Å². The molecular formula is C11H12N4O. The second-order valence-corrected chi connectivity index (χ2v) is 3.26. The molecule has 0 aliphatic rings. The number of pyridine rings is 1. The highest BCUT2D eigenvalue weighted by Crippen LogP contribution is 2.21. The molecule has 0 fully saturated rings. The average Bonchev–Trinajstić information content (AvgIpc) is 2.74. The molecule has 0 bridgehead atoms. The maximum atomic E-state index is 9.20. The van der Waals surface area contributed by atoms with E-state index >= 15 is 0 Å². The number of nitrogens with zero attached hydrogens (tertiary/aromatic N) is 4. The second kappa shape index (κ2) is 4.67. The first-order valence-corrected chi connectivity index (χ1v) is 4.91. The van der Waals surface area contributed by atoms with E-state index in [0.29, 0.717) is 12.2 Å². The van der Waals surface area contributed by atoms with E-state index in [2.05, 4.69) is 21.9 Å². The number of aliphatic hydroxyl groups excluding tert-OH is 1. The number of rotatable bonds is 4. The Morgan fingerprint density at radius 2 is 2.38 bits per heavy atom. The molecule has 82 valence electrons. The van der Waals surface area contributed by atoms with Gasteiger partial charge >= 0.3 is 0 Å². The maximum Gasteiger partial charge on any atom is 0.116 e. The van der Waals surface area contributed by atoms with Crippen LogP contribution in [-0.2, 0) is 13.2 Å². The van der Waals surface area contributed by atoms with Crippen LogP contribution in [0.3, 0.4) is 0 Å². The lowest BCUT2D eigenvalue weighted by atomic mass is 10.1. The van der Waals surface area contributed by atoms with Gasteiger partial charge in [0.15, 0.2) is 0 Å². The third kappa shape index (κ3) is 1.85. The predicted molar refractivity (Wildman–Crippen MR) is 59.4 cm³/mol. The summed E-state index contributed by atoms with van der Waals surface area (Å²) < 4.78 is 1.69. The molecule has 5 nitrogen and oxygen atoms in total. The third-order valence-electron chi connectivity index (χ3n) is 2.19. The lowest BCUT2D eigenvalue weighted by molar-refractivity contribution is 0.277. The van der Waals surface area contributed by atoms with Crippen LogP contribution in [0.25, 0.3) is 11.3 Å². The van der Waals surface area contributed by atoms with Crippen molar-refractivity contribution in [1.82, 2.24) is 20.0 Å². The van der Waals surface area contributed by atoms with Gasteiger partial charge in [-0.25, -0.2) is 4.68 Å². The first-order valence-electron chi connectivity index (χ1n) is 4.91. The first-order chi connectivity index (χ1) is 7.86. The van der Waals surface area contributed by atoms with Gasteiger partial charge in [0, 0.05) is 18.0 Å². The number of hydrogen-bond acceptors (Lipinski definition) is 4. The summed E-state index contributed by atoms with van der Waals surface area (Å²) in [6, 6.07) is 3.74. The Balaban J connectivity index is 2.52. The number of allylic oxidation sites excluding steroid dienone is 1. The van der Waals surface area contributed by atoms with Crippen LogP contribution in [0.2, 0.25) is 0 Å². The molecule has 0 spiro atoms. The molecule has 5 heteroatoms. The Morgan fingerprint density at radius 3 is 3.00 bits per heavy atom. The van der Waals surface area contributed by atoms with Crippen molar-refractivity contribution in [3.63, 3.8) is 0 Å². The summed E-state index contributed by atoms with van der Waals surface area (Å²) in [5.74, 6) is 0. The average molecular weight is 216 g/mol. The first kappa shape index (κ1) is 10.5. The molecular weight excluding hydrogens is 204 g/mol. The fraction of sp³-hybridized carbons (Fsp3) is 0.182. The van der Waals surface area contributed by atoms with Gasteiger partial charge in [0.05, 0.1) is 18.8 Å². The van der Waals surface area contributed by atoms with Gasteiger partial charge in [-0.1, -0.05) is 11.3 Å². The van der Waals surface area contributed by atoms with Gasteiger partial charge in [0.2, 0.25) is 0 Å². The highest BCUT2D eigenvalue weighted by molar-refractivity contribution is 5.60. The Morgan fingerprint density at radius 1 is 1.50 bits per heavy atom. The van der Waals surface area contributed by atoms with Crippen LogP contribution in [-0.4, -0.2) is 25.1 Å². The fourth-order valence-corrected chi connectivity index (χ4v) is 1.52. The minimum absolute atomic E-state index is 0.138. The van der Waals surface area contributed by atoms with Crippen molar-refractivity contribution in [1.29, 1.82) is 0 Å². The van der Waals surface area contributed by atoms with E-state index in [-0.39, 0.29) is 6.61 Å². The Labute approximate surface area is 93.1 Å². The molecule has 0 saturated heterocycles. The highest BCUT2D eigenvalue weighted by atomic mass is 16.3. The largest absolute Gasteiger partial charge is 0.390 e. The zero-order valence-electron chi connectivity index (χ0n) is 8.74. The quantitative estimate of drug-likeness (QED) is 0.775. The van der Waals surface area contributed by atoms with E-state index in [1.54, 1.807) is 23.2 Å². The van der Waals surface area contributed by atoms with Crippen molar-refractivity contribution < 1.29 is 5.11 Å². The highest BCUT2D eigenvalue weighted by Gasteiger charge is 2.13. The summed E-state index contributed by atoms with van der Waals surface area (Å²) >= 11 is 0. The topological polar surface area (TPSA) is 63.8 Å².